The van der Waals surface area contributed by atoms with Crippen LogP contribution in [0.3, 0.4) is 0 Å². The zero-order valence-corrected chi connectivity index (χ0v) is 12.0. The van der Waals surface area contributed by atoms with Crippen LogP contribution in [0.25, 0.3) is 0 Å². The maximum absolute atomic E-state index is 13.5. The number of carbonyl (C=O) groups excluding carboxylic acids is 1. The van der Waals surface area contributed by atoms with Crippen molar-refractivity contribution in [3.05, 3.63) is 35.4 Å². The molecule has 21 heavy (non-hydrogen) atoms. The summed E-state index contributed by atoms with van der Waals surface area (Å²) >= 11 is 0. The molecule has 0 unspecified atom stereocenters. The van der Waals surface area contributed by atoms with Gasteiger partial charge in [-0.25, -0.2) is 8.78 Å². The lowest BCUT2D eigenvalue weighted by Gasteiger charge is -2.28. The Morgan fingerprint density at radius 1 is 1.38 bits per heavy atom. The molecule has 0 atom stereocenters. The molecule has 1 aromatic carbocycles. The fourth-order valence-electron chi connectivity index (χ4n) is 2.16. The van der Waals surface area contributed by atoms with E-state index >= 15 is 0 Å². The Balaban J connectivity index is 2.88. The third-order valence-electron chi connectivity index (χ3n) is 3.69. The highest BCUT2D eigenvalue weighted by Crippen LogP contribution is 2.27. The summed E-state index contributed by atoms with van der Waals surface area (Å²) in [5.41, 5.74) is 4.62. The Kier molecular flexibility index (Phi) is 5.63. The van der Waals surface area contributed by atoms with E-state index in [9.17, 15) is 13.6 Å². The van der Waals surface area contributed by atoms with Crippen molar-refractivity contribution in [1.82, 2.24) is 5.32 Å². The van der Waals surface area contributed by atoms with Gasteiger partial charge in [-0.3, -0.25) is 4.79 Å². The van der Waals surface area contributed by atoms with Crippen LogP contribution in [0.4, 0.5) is 8.78 Å². The molecule has 0 spiro atoms. The second-order valence-electron chi connectivity index (χ2n) is 4.69. The normalized spacial score (nSPS) is 12.3. The highest BCUT2D eigenvalue weighted by Gasteiger charge is 2.39. The van der Waals surface area contributed by atoms with Crippen LogP contribution in [0, 0.1) is 17.0 Å². The molecule has 0 bridgehead atoms. The summed E-state index contributed by atoms with van der Waals surface area (Å²) in [5.74, 6) is -2.08. The summed E-state index contributed by atoms with van der Waals surface area (Å²) in [6.45, 7) is 3.37. The van der Waals surface area contributed by atoms with Crippen molar-refractivity contribution in [2.24, 2.45) is 16.3 Å². The van der Waals surface area contributed by atoms with E-state index in [2.05, 4.69) is 10.5 Å². The number of halogens is 2. The summed E-state index contributed by atoms with van der Waals surface area (Å²) < 4.78 is 26.3. The molecule has 0 aliphatic heterocycles. The van der Waals surface area contributed by atoms with Crippen LogP contribution in [0.1, 0.15) is 32.3 Å². The van der Waals surface area contributed by atoms with E-state index in [0.29, 0.717) is 12.8 Å². The molecule has 0 radical (unpaired) electrons. The second-order valence-corrected chi connectivity index (χ2v) is 4.69. The molecular formula is C14H19F2N3O2. The lowest BCUT2D eigenvalue weighted by Crippen LogP contribution is -2.49. The smallest absolute Gasteiger partial charge is 0.234 e. The quantitative estimate of drug-likeness (QED) is 0.325. The topological polar surface area (TPSA) is 87.7 Å². The molecule has 0 saturated heterocycles. The van der Waals surface area contributed by atoms with Gasteiger partial charge in [0.05, 0.1) is 0 Å². The first kappa shape index (κ1) is 16.9. The lowest BCUT2D eigenvalue weighted by molar-refractivity contribution is -0.128. The molecule has 0 aliphatic carbocycles. The van der Waals surface area contributed by atoms with Crippen molar-refractivity contribution >= 4 is 11.7 Å². The Morgan fingerprint density at radius 3 is 2.48 bits per heavy atom. The first-order valence-electron chi connectivity index (χ1n) is 6.61. The van der Waals surface area contributed by atoms with Crippen molar-refractivity contribution < 1.29 is 18.8 Å². The van der Waals surface area contributed by atoms with E-state index < -0.39 is 23.0 Å². The van der Waals surface area contributed by atoms with Crippen molar-refractivity contribution in [3.63, 3.8) is 0 Å². The van der Waals surface area contributed by atoms with Gasteiger partial charge in [-0.2, -0.15) is 0 Å². The predicted octanol–water partition coefficient (Wildman–Crippen LogP) is 2.13. The Hall–Kier alpha value is -2.18. The molecule has 116 valence electrons. The number of hydrogen-bond donors (Lipinski definition) is 3. The van der Waals surface area contributed by atoms with Crippen LogP contribution in [-0.2, 0) is 11.3 Å². The van der Waals surface area contributed by atoms with Gasteiger partial charge in [-0.1, -0.05) is 25.1 Å². The van der Waals surface area contributed by atoms with Crippen molar-refractivity contribution in [1.29, 1.82) is 0 Å². The molecule has 0 aliphatic rings. The first-order valence-corrected chi connectivity index (χ1v) is 6.61. The summed E-state index contributed by atoms with van der Waals surface area (Å²) in [4.78, 5) is 12.3. The molecule has 5 nitrogen and oxygen atoms in total. The predicted molar refractivity (Wildman–Crippen MR) is 74.6 cm³/mol. The maximum atomic E-state index is 13.5. The molecule has 0 fully saturated rings. The number of benzene rings is 1. The molecule has 1 rings (SSSR count). The number of amides is 1. The number of nitrogens with one attached hydrogen (secondary N) is 1. The van der Waals surface area contributed by atoms with E-state index in [1.165, 1.54) is 6.07 Å². The summed E-state index contributed by atoms with van der Waals surface area (Å²) in [6.07, 6.45) is 0.661. The van der Waals surface area contributed by atoms with Gasteiger partial charge in [0.15, 0.2) is 5.84 Å². The van der Waals surface area contributed by atoms with Gasteiger partial charge < -0.3 is 16.3 Å². The third-order valence-corrected chi connectivity index (χ3v) is 3.69. The molecule has 0 aromatic heterocycles. The number of nitrogens with two attached hydrogens (primary N) is 1. The van der Waals surface area contributed by atoms with Crippen LogP contribution in [0.15, 0.2) is 23.4 Å². The standard InChI is InChI=1S/C14H19F2N3O2/c1-3-14(4-2,12(17)19-21)13(20)18-8-9-5-6-10(15)7-11(9)16/h5-7,21H,3-4,8H2,1-2H3,(H2,17,19)(H,18,20). The van der Waals surface area contributed by atoms with Crippen LogP contribution < -0.4 is 11.1 Å². The fourth-order valence-corrected chi connectivity index (χ4v) is 2.16. The van der Waals surface area contributed by atoms with Crippen molar-refractivity contribution in [2.45, 2.75) is 33.2 Å². The Morgan fingerprint density at radius 2 is 2.00 bits per heavy atom. The van der Waals surface area contributed by atoms with Gasteiger partial charge in [-0.05, 0) is 18.9 Å². The number of carbonyl (C=O) groups is 1. The molecule has 0 saturated carbocycles. The van der Waals surface area contributed by atoms with Crippen LogP contribution in [0.2, 0.25) is 0 Å². The third kappa shape index (κ3) is 3.48. The second kappa shape index (κ2) is 7.01. The van der Waals surface area contributed by atoms with Gasteiger partial charge in [0.2, 0.25) is 5.91 Å². The maximum Gasteiger partial charge on any atom is 0.234 e. The Labute approximate surface area is 121 Å². The minimum absolute atomic E-state index is 0.106. The average Bonchev–Trinajstić information content (AvgIpc) is 2.47. The molecule has 0 heterocycles. The average molecular weight is 299 g/mol. The highest BCUT2D eigenvalue weighted by molar-refractivity contribution is 6.06. The van der Waals surface area contributed by atoms with Crippen molar-refractivity contribution in [2.75, 3.05) is 0 Å². The van der Waals surface area contributed by atoms with Gasteiger partial charge in [0.1, 0.15) is 17.0 Å². The number of nitrogens with zero attached hydrogens (tertiary/aromatic N) is 1. The van der Waals surface area contributed by atoms with E-state index in [0.717, 1.165) is 12.1 Å². The minimum Gasteiger partial charge on any atom is -0.409 e. The highest BCUT2D eigenvalue weighted by atomic mass is 19.1. The molecule has 4 N–H and O–H groups in total. The van der Waals surface area contributed by atoms with Crippen molar-refractivity contribution in [3.8, 4) is 0 Å². The first-order chi connectivity index (χ1) is 9.91. The molecular weight excluding hydrogens is 280 g/mol. The monoisotopic (exact) mass is 299 g/mol. The van der Waals surface area contributed by atoms with Gasteiger partial charge in [0.25, 0.3) is 0 Å². The number of amidine groups is 1. The SMILES string of the molecule is CCC(CC)(C(=O)NCc1ccc(F)cc1F)C(N)=NO. The fraction of sp³-hybridized carbons (Fsp3) is 0.429. The van der Waals surface area contributed by atoms with Crippen LogP contribution >= 0.6 is 0 Å². The zero-order valence-electron chi connectivity index (χ0n) is 12.0. The number of oxime groups is 1. The van der Waals surface area contributed by atoms with E-state index in [1.54, 1.807) is 13.8 Å². The van der Waals surface area contributed by atoms with E-state index in [-0.39, 0.29) is 17.9 Å². The van der Waals surface area contributed by atoms with Crippen LogP contribution in [0.5, 0.6) is 0 Å². The molecule has 7 heteroatoms. The van der Waals surface area contributed by atoms with E-state index in [1.807, 2.05) is 0 Å². The largest absolute Gasteiger partial charge is 0.409 e. The Bertz CT molecular complexity index is 543. The zero-order chi connectivity index (χ0) is 16.0. The summed E-state index contributed by atoms with van der Waals surface area (Å²) in [6, 6.07) is 3.12. The summed E-state index contributed by atoms with van der Waals surface area (Å²) in [5, 5.41) is 14.3. The van der Waals surface area contributed by atoms with Gasteiger partial charge >= 0.3 is 0 Å². The number of rotatable bonds is 6. The summed E-state index contributed by atoms with van der Waals surface area (Å²) in [7, 11) is 0. The number of hydrogen-bond acceptors (Lipinski definition) is 3. The van der Waals surface area contributed by atoms with Gasteiger partial charge in [0, 0.05) is 18.2 Å². The van der Waals surface area contributed by atoms with Gasteiger partial charge in [-0.15, -0.1) is 0 Å². The molecule has 1 amide bonds. The van der Waals surface area contributed by atoms with E-state index in [4.69, 9.17) is 10.9 Å². The van der Waals surface area contributed by atoms with Crippen LogP contribution in [-0.4, -0.2) is 17.0 Å². The minimum atomic E-state index is -1.15. The lowest BCUT2D eigenvalue weighted by atomic mass is 9.80. The molecule has 1 aromatic rings.